The lowest BCUT2D eigenvalue weighted by Crippen LogP contribution is -2.55. The number of hydrogen-bond donors (Lipinski definition) is 4. The standard InChI is InChI=1S/C26H36FN3O6/c1-5-16(2)9-12-21(31)22(32)23(33)24(36-4)25(34)29-20-8-6-7-13-30(26(20)35)15-17-10-11-19(28-3)18(27)14-17/h9-12,14,16,20-24,31-33H,5-8,13,15H2,1-2,4H3,(H,29,34)/t16?,20-,21+,22-,23+,24+/m0/s1. The van der Waals surface area contributed by atoms with E-state index in [1.807, 2.05) is 13.8 Å². The Morgan fingerprint density at radius 1 is 1.31 bits per heavy atom. The van der Waals surface area contributed by atoms with Crippen LogP contribution in [0.25, 0.3) is 4.85 Å². The van der Waals surface area contributed by atoms with E-state index in [0.29, 0.717) is 31.4 Å². The van der Waals surface area contributed by atoms with Gasteiger partial charge < -0.3 is 30.3 Å². The highest BCUT2D eigenvalue weighted by Crippen LogP contribution is 2.22. The minimum Gasteiger partial charge on any atom is -0.387 e. The lowest BCUT2D eigenvalue weighted by Gasteiger charge is -2.29. The van der Waals surface area contributed by atoms with Crippen LogP contribution in [0.3, 0.4) is 0 Å². The maximum Gasteiger partial charge on any atom is 0.252 e. The van der Waals surface area contributed by atoms with Crippen LogP contribution in [0.15, 0.2) is 30.4 Å². The number of likely N-dealkylation sites (tertiary alicyclic amines) is 1. The van der Waals surface area contributed by atoms with Gasteiger partial charge in [-0.3, -0.25) is 9.59 Å². The maximum atomic E-state index is 14.0. The zero-order valence-electron chi connectivity index (χ0n) is 20.9. The number of halogens is 1. The SMILES string of the molecule is [C-]#[N+]c1ccc(CN2CCCC[C@H](NC(=O)[C@H](OC)[C@H](O)[C@@H](O)[C@H](O)C=CC(C)CC)C2=O)cc1F. The number of nitrogens with zero attached hydrogens (tertiary/aromatic N) is 2. The number of carbonyl (C=O) groups is 2. The molecule has 0 bridgehead atoms. The van der Waals surface area contributed by atoms with Crippen molar-refractivity contribution in [1.29, 1.82) is 0 Å². The van der Waals surface area contributed by atoms with Crippen molar-refractivity contribution in [3.8, 4) is 0 Å². The van der Waals surface area contributed by atoms with Crippen molar-refractivity contribution in [3.05, 3.63) is 53.1 Å². The third kappa shape index (κ3) is 7.83. The molecule has 36 heavy (non-hydrogen) atoms. The van der Waals surface area contributed by atoms with Gasteiger partial charge in [-0.2, -0.15) is 0 Å². The summed E-state index contributed by atoms with van der Waals surface area (Å²) in [4.78, 5) is 30.7. The summed E-state index contributed by atoms with van der Waals surface area (Å²) in [5.41, 5.74) is 0.422. The van der Waals surface area contributed by atoms with Crippen LogP contribution in [0.1, 0.15) is 45.1 Å². The number of rotatable bonds is 11. The lowest BCUT2D eigenvalue weighted by molar-refractivity contribution is -0.151. The van der Waals surface area contributed by atoms with Crippen LogP contribution >= 0.6 is 0 Å². The van der Waals surface area contributed by atoms with Crippen molar-refractivity contribution >= 4 is 17.5 Å². The van der Waals surface area contributed by atoms with Crippen LogP contribution in [0.4, 0.5) is 10.1 Å². The Morgan fingerprint density at radius 2 is 2.03 bits per heavy atom. The van der Waals surface area contributed by atoms with Crippen LogP contribution in [0.2, 0.25) is 0 Å². The van der Waals surface area contributed by atoms with Gasteiger partial charge in [-0.15, -0.1) is 0 Å². The topological polar surface area (TPSA) is 124 Å². The van der Waals surface area contributed by atoms with E-state index in [0.717, 1.165) is 6.42 Å². The Bertz CT molecular complexity index is 965. The van der Waals surface area contributed by atoms with Crippen molar-refractivity contribution in [2.24, 2.45) is 5.92 Å². The number of amides is 2. The second-order valence-electron chi connectivity index (χ2n) is 9.11. The number of aliphatic hydroxyl groups excluding tert-OH is 3. The van der Waals surface area contributed by atoms with Crippen molar-refractivity contribution in [2.45, 2.75) is 76.5 Å². The van der Waals surface area contributed by atoms with E-state index in [9.17, 15) is 29.3 Å². The number of hydrogen-bond acceptors (Lipinski definition) is 6. The number of carbonyl (C=O) groups excluding carboxylic acids is 2. The molecule has 1 aromatic carbocycles. The number of allylic oxidation sites excluding steroid dienone is 1. The first-order valence-electron chi connectivity index (χ1n) is 12.1. The van der Waals surface area contributed by atoms with Gasteiger partial charge in [0, 0.05) is 20.2 Å². The summed E-state index contributed by atoms with van der Waals surface area (Å²) in [6.45, 7) is 11.4. The number of methoxy groups -OCH3 is 1. The minimum atomic E-state index is -1.74. The molecule has 198 valence electrons. The van der Waals surface area contributed by atoms with Crippen LogP contribution < -0.4 is 5.32 Å². The van der Waals surface area contributed by atoms with Crippen LogP contribution in [0.5, 0.6) is 0 Å². The van der Waals surface area contributed by atoms with Crippen LogP contribution in [0, 0.1) is 18.3 Å². The molecule has 2 amide bonds. The molecule has 1 aliphatic heterocycles. The second kappa shape index (κ2) is 14.0. The average Bonchev–Trinajstić information content (AvgIpc) is 3.03. The molecule has 1 fully saturated rings. The summed E-state index contributed by atoms with van der Waals surface area (Å²) in [5, 5.41) is 33.7. The highest BCUT2D eigenvalue weighted by molar-refractivity contribution is 5.89. The highest BCUT2D eigenvalue weighted by atomic mass is 19.1. The molecule has 9 nitrogen and oxygen atoms in total. The Kier molecular flexibility index (Phi) is 11.5. The molecule has 1 saturated heterocycles. The number of ether oxygens (including phenoxy) is 1. The molecule has 1 aliphatic rings. The normalized spacial score (nSPS) is 20.8. The first-order chi connectivity index (χ1) is 17.1. The largest absolute Gasteiger partial charge is 0.387 e. The third-order valence-electron chi connectivity index (χ3n) is 6.41. The quantitative estimate of drug-likeness (QED) is 0.270. The minimum absolute atomic E-state index is 0.0991. The summed E-state index contributed by atoms with van der Waals surface area (Å²) in [5.74, 6) is -1.66. The number of nitrogens with one attached hydrogen (secondary N) is 1. The van der Waals surface area contributed by atoms with Gasteiger partial charge in [0.15, 0.2) is 6.10 Å². The molecule has 0 aliphatic carbocycles. The molecule has 0 radical (unpaired) electrons. The predicted octanol–water partition coefficient (Wildman–Crippen LogP) is 2.07. The summed E-state index contributed by atoms with van der Waals surface area (Å²) in [6.07, 6.45) is -0.751. The number of aliphatic hydroxyl groups is 3. The summed E-state index contributed by atoms with van der Waals surface area (Å²) in [7, 11) is 1.18. The molecule has 2 rings (SSSR count). The fourth-order valence-corrected chi connectivity index (χ4v) is 3.95. The average molecular weight is 506 g/mol. The molecule has 0 spiro atoms. The maximum absolute atomic E-state index is 14.0. The predicted molar refractivity (Wildman–Crippen MR) is 131 cm³/mol. The summed E-state index contributed by atoms with van der Waals surface area (Å²) in [6, 6.07) is 3.27. The summed E-state index contributed by atoms with van der Waals surface area (Å²) >= 11 is 0. The lowest BCUT2D eigenvalue weighted by atomic mass is 9.99. The Hall–Kier alpha value is -2.84. The molecule has 1 unspecified atom stereocenters. The third-order valence-corrected chi connectivity index (χ3v) is 6.41. The molecular weight excluding hydrogens is 469 g/mol. The number of benzene rings is 1. The van der Waals surface area contributed by atoms with E-state index in [1.165, 1.54) is 30.2 Å². The van der Waals surface area contributed by atoms with Crippen molar-refractivity contribution in [3.63, 3.8) is 0 Å². The van der Waals surface area contributed by atoms with E-state index in [1.54, 1.807) is 12.1 Å². The van der Waals surface area contributed by atoms with Crippen LogP contribution in [-0.4, -0.2) is 76.1 Å². The van der Waals surface area contributed by atoms with E-state index < -0.39 is 42.2 Å². The van der Waals surface area contributed by atoms with Gasteiger partial charge in [-0.1, -0.05) is 44.6 Å². The van der Waals surface area contributed by atoms with E-state index >= 15 is 0 Å². The highest BCUT2D eigenvalue weighted by Gasteiger charge is 2.37. The van der Waals surface area contributed by atoms with E-state index in [-0.39, 0.29) is 24.1 Å². The molecular formula is C26H36FN3O6. The van der Waals surface area contributed by atoms with Crippen molar-refractivity contribution < 1.29 is 34.0 Å². The Balaban J connectivity index is 2.07. The first kappa shape index (κ1) is 29.4. The van der Waals surface area contributed by atoms with E-state index in [2.05, 4.69) is 10.2 Å². The second-order valence-corrected chi connectivity index (χ2v) is 9.11. The molecule has 4 N–H and O–H groups in total. The first-order valence-corrected chi connectivity index (χ1v) is 12.1. The summed E-state index contributed by atoms with van der Waals surface area (Å²) < 4.78 is 19.1. The molecule has 1 heterocycles. The Labute approximate surface area is 211 Å². The van der Waals surface area contributed by atoms with Gasteiger partial charge in [-0.25, -0.2) is 9.24 Å². The van der Waals surface area contributed by atoms with Gasteiger partial charge in [0.25, 0.3) is 5.91 Å². The van der Waals surface area contributed by atoms with E-state index in [4.69, 9.17) is 11.3 Å². The van der Waals surface area contributed by atoms with Crippen LogP contribution in [-0.2, 0) is 20.9 Å². The molecule has 0 aromatic heterocycles. The molecule has 6 atom stereocenters. The van der Waals surface area contributed by atoms with Gasteiger partial charge in [0.05, 0.1) is 6.57 Å². The molecule has 1 aromatic rings. The fourth-order valence-electron chi connectivity index (χ4n) is 3.95. The molecule has 0 saturated carbocycles. The van der Waals surface area contributed by atoms with Gasteiger partial charge in [-0.05, 0) is 36.8 Å². The monoisotopic (exact) mass is 505 g/mol. The zero-order chi connectivity index (χ0) is 26.8. The smallest absolute Gasteiger partial charge is 0.252 e. The van der Waals surface area contributed by atoms with Crippen molar-refractivity contribution in [2.75, 3.05) is 13.7 Å². The van der Waals surface area contributed by atoms with Crippen molar-refractivity contribution in [1.82, 2.24) is 10.2 Å². The molecule has 10 heteroatoms. The fraction of sp³-hybridized carbons (Fsp3) is 0.577. The van der Waals surface area contributed by atoms with Gasteiger partial charge in [0.1, 0.15) is 30.2 Å². The Morgan fingerprint density at radius 3 is 2.64 bits per heavy atom. The van der Waals surface area contributed by atoms with Gasteiger partial charge >= 0.3 is 0 Å². The van der Waals surface area contributed by atoms with Gasteiger partial charge in [0.2, 0.25) is 11.6 Å². The zero-order valence-corrected chi connectivity index (χ0v) is 20.9.